The molecular formula is C15H23NO2. The number of hydrogen-bond donors (Lipinski definition) is 1. The molecule has 0 radical (unpaired) electrons. The van der Waals surface area contributed by atoms with Crippen LogP contribution in [0.5, 0.6) is 5.75 Å². The molecule has 0 unspecified atom stereocenters. The van der Waals surface area contributed by atoms with Crippen molar-refractivity contribution in [1.29, 1.82) is 0 Å². The summed E-state index contributed by atoms with van der Waals surface area (Å²) in [6.07, 6.45) is 1.59. The molecule has 0 saturated carbocycles. The molecule has 1 aromatic carbocycles. The third-order valence-electron chi connectivity index (χ3n) is 3.87. The minimum atomic E-state index is -0.570. The highest BCUT2D eigenvalue weighted by Gasteiger charge is 2.27. The lowest BCUT2D eigenvalue weighted by Crippen LogP contribution is -2.42. The molecule has 0 aliphatic carbocycles. The molecule has 0 bridgehead atoms. The van der Waals surface area contributed by atoms with E-state index in [1.807, 2.05) is 32.0 Å². The van der Waals surface area contributed by atoms with Gasteiger partial charge in [-0.2, -0.15) is 0 Å². The van der Waals surface area contributed by atoms with Gasteiger partial charge < -0.3 is 9.84 Å². The van der Waals surface area contributed by atoms with Crippen LogP contribution in [0, 0.1) is 0 Å². The van der Waals surface area contributed by atoms with Gasteiger partial charge >= 0.3 is 0 Å². The molecular weight excluding hydrogens is 226 g/mol. The fourth-order valence-electron chi connectivity index (χ4n) is 2.40. The highest BCUT2D eigenvalue weighted by atomic mass is 16.5. The second kappa shape index (κ2) is 5.72. The van der Waals surface area contributed by atoms with Gasteiger partial charge in [-0.25, -0.2) is 0 Å². The van der Waals surface area contributed by atoms with Crippen LogP contribution in [-0.2, 0) is 6.54 Å². The third kappa shape index (κ3) is 3.03. The summed E-state index contributed by atoms with van der Waals surface area (Å²) in [5.41, 5.74) is 0.642. The smallest absolute Gasteiger partial charge is 0.123 e. The zero-order valence-corrected chi connectivity index (χ0v) is 11.4. The minimum absolute atomic E-state index is 0.570. The Kier molecular flexibility index (Phi) is 4.25. The lowest BCUT2D eigenvalue weighted by atomic mass is 9.96. The van der Waals surface area contributed by atoms with E-state index in [-0.39, 0.29) is 0 Å². The maximum atomic E-state index is 10.4. The Hall–Kier alpha value is -1.06. The number of β-amino-alcohol motifs (C(OH)–C–C–N with tert-alkyl or cyclic N) is 1. The first-order valence-electron chi connectivity index (χ1n) is 6.82. The fraction of sp³-hybridized carbons (Fsp3) is 0.600. The minimum Gasteiger partial charge on any atom is -0.492 e. The normalized spacial score (nSPS) is 16.8. The zero-order chi connectivity index (χ0) is 13.0. The van der Waals surface area contributed by atoms with E-state index >= 15 is 0 Å². The van der Waals surface area contributed by atoms with Gasteiger partial charge in [-0.3, -0.25) is 4.90 Å². The molecule has 0 aromatic heterocycles. The Labute approximate surface area is 109 Å². The highest BCUT2D eigenvalue weighted by molar-refractivity contribution is 5.33. The van der Waals surface area contributed by atoms with Crippen molar-refractivity contribution < 1.29 is 9.84 Å². The molecule has 1 N–H and O–H groups in total. The molecule has 0 atom stereocenters. The summed E-state index contributed by atoms with van der Waals surface area (Å²) < 4.78 is 5.74. The molecule has 2 rings (SSSR count). The van der Waals surface area contributed by atoms with E-state index in [4.69, 9.17) is 4.74 Å². The second-order valence-electron chi connectivity index (χ2n) is 5.10. The summed E-state index contributed by atoms with van der Waals surface area (Å²) in [6, 6.07) is 8.16. The first-order chi connectivity index (χ1) is 8.67. The zero-order valence-electron chi connectivity index (χ0n) is 11.4. The van der Waals surface area contributed by atoms with E-state index in [1.165, 1.54) is 5.56 Å². The number of rotatable bonds is 4. The molecule has 100 valence electrons. The monoisotopic (exact) mass is 249 g/mol. The predicted octanol–water partition coefficient (Wildman–Crippen LogP) is 2.43. The van der Waals surface area contributed by atoms with Gasteiger partial charge in [-0.15, -0.1) is 0 Å². The number of para-hydroxylation sites is 1. The number of benzene rings is 1. The van der Waals surface area contributed by atoms with Crippen molar-refractivity contribution >= 4 is 0 Å². The van der Waals surface area contributed by atoms with Crippen LogP contribution in [0.25, 0.3) is 0 Å². The summed E-state index contributed by atoms with van der Waals surface area (Å²) in [5, 5.41) is 10.4. The Morgan fingerprint density at radius 2 is 2.00 bits per heavy atom. The number of hydrogen-bond acceptors (Lipinski definition) is 3. The molecule has 3 nitrogen and oxygen atoms in total. The molecule has 1 aliphatic rings. The Morgan fingerprint density at radius 1 is 1.28 bits per heavy atom. The van der Waals surface area contributed by atoms with Crippen LogP contribution in [0.15, 0.2) is 24.3 Å². The standard InChI is InChI=1S/C15H23NO2/c1-3-15(17,4-2)12-16-9-10-18-14-8-6-5-7-13(14)11-16/h5-8,17H,3-4,9-12H2,1-2H3. The van der Waals surface area contributed by atoms with Gasteiger partial charge in [-0.1, -0.05) is 32.0 Å². The highest BCUT2D eigenvalue weighted by Crippen LogP contribution is 2.24. The molecule has 0 saturated heterocycles. The van der Waals surface area contributed by atoms with Crippen molar-refractivity contribution in [3.63, 3.8) is 0 Å². The van der Waals surface area contributed by atoms with Crippen LogP contribution in [0.3, 0.4) is 0 Å². The van der Waals surface area contributed by atoms with Gasteiger partial charge in [0, 0.05) is 25.2 Å². The maximum absolute atomic E-state index is 10.4. The van der Waals surface area contributed by atoms with Crippen LogP contribution < -0.4 is 4.74 Å². The summed E-state index contributed by atoms with van der Waals surface area (Å²) in [5.74, 6) is 0.983. The van der Waals surface area contributed by atoms with E-state index in [0.717, 1.165) is 38.2 Å². The van der Waals surface area contributed by atoms with Crippen LogP contribution in [0.4, 0.5) is 0 Å². The maximum Gasteiger partial charge on any atom is 0.123 e. The van der Waals surface area contributed by atoms with Gasteiger partial charge in [0.15, 0.2) is 0 Å². The van der Waals surface area contributed by atoms with Crippen molar-refractivity contribution in [2.45, 2.75) is 38.8 Å². The Bertz CT molecular complexity index is 388. The van der Waals surface area contributed by atoms with Gasteiger partial charge in [-0.05, 0) is 18.9 Å². The Balaban J connectivity index is 2.08. The lowest BCUT2D eigenvalue weighted by molar-refractivity contribution is -0.00632. The quantitative estimate of drug-likeness (QED) is 0.889. The molecule has 1 aromatic rings. The van der Waals surface area contributed by atoms with Crippen LogP contribution in [0.1, 0.15) is 32.3 Å². The van der Waals surface area contributed by atoms with E-state index < -0.39 is 5.60 Å². The molecule has 0 amide bonds. The summed E-state index contributed by atoms with van der Waals surface area (Å²) in [7, 11) is 0. The number of fused-ring (bicyclic) bond motifs is 1. The molecule has 1 heterocycles. The van der Waals surface area contributed by atoms with Crippen molar-refractivity contribution in [1.82, 2.24) is 4.90 Å². The van der Waals surface area contributed by atoms with Crippen LogP contribution in [0.2, 0.25) is 0 Å². The number of nitrogens with zero attached hydrogens (tertiary/aromatic N) is 1. The molecule has 0 fully saturated rings. The molecule has 1 aliphatic heterocycles. The van der Waals surface area contributed by atoms with Crippen molar-refractivity contribution in [2.75, 3.05) is 19.7 Å². The summed E-state index contributed by atoms with van der Waals surface area (Å²) in [6.45, 7) is 7.24. The molecule has 18 heavy (non-hydrogen) atoms. The second-order valence-corrected chi connectivity index (χ2v) is 5.10. The van der Waals surface area contributed by atoms with Gasteiger partial charge in [0.1, 0.15) is 12.4 Å². The topological polar surface area (TPSA) is 32.7 Å². The van der Waals surface area contributed by atoms with Crippen LogP contribution >= 0.6 is 0 Å². The van der Waals surface area contributed by atoms with Crippen molar-refractivity contribution in [3.05, 3.63) is 29.8 Å². The fourth-order valence-corrected chi connectivity index (χ4v) is 2.40. The summed E-state index contributed by atoms with van der Waals surface area (Å²) >= 11 is 0. The summed E-state index contributed by atoms with van der Waals surface area (Å²) in [4.78, 5) is 2.29. The van der Waals surface area contributed by atoms with E-state index in [9.17, 15) is 5.11 Å². The van der Waals surface area contributed by atoms with Gasteiger partial charge in [0.25, 0.3) is 0 Å². The predicted molar refractivity (Wildman–Crippen MR) is 72.7 cm³/mol. The average molecular weight is 249 g/mol. The van der Waals surface area contributed by atoms with Gasteiger partial charge in [0.2, 0.25) is 0 Å². The van der Waals surface area contributed by atoms with E-state index in [1.54, 1.807) is 0 Å². The average Bonchev–Trinajstić information content (AvgIpc) is 2.60. The van der Waals surface area contributed by atoms with Crippen LogP contribution in [-0.4, -0.2) is 35.3 Å². The largest absolute Gasteiger partial charge is 0.492 e. The number of ether oxygens (including phenoxy) is 1. The molecule has 0 spiro atoms. The molecule has 3 heteroatoms. The van der Waals surface area contributed by atoms with Gasteiger partial charge in [0.05, 0.1) is 5.60 Å². The van der Waals surface area contributed by atoms with Crippen molar-refractivity contribution in [3.8, 4) is 5.75 Å². The van der Waals surface area contributed by atoms with E-state index in [0.29, 0.717) is 6.61 Å². The number of aliphatic hydroxyl groups is 1. The van der Waals surface area contributed by atoms with E-state index in [2.05, 4.69) is 11.0 Å². The Morgan fingerprint density at radius 3 is 2.72 bits per heavy atom. The first kappa shape index (κ1) is 13.4. The first-order valence-corrected chi connectivity index (χ1v) is 6.82. The lowest BCUT2D eigenvalue weighted by Gasteiger charge is -2.32. The third-order valence-corrected chi connectivity index (χ3v) is 3.87. The van der Waals surface area contributed by atoms with Crippen molar-refractivity contribution in [2.24, 2.45) is 0 Å². The SMILES string of the molecule is CCC(O)(CC)CN1CCOc2ccccc2C1.